The molecule has 0 saturated heterocycles. The Kier molecular flexibility index (Phi) is 8.73. The van der Waals surface area contributed by atoms with Crippen molar-refractivity contribution in [1.82, 2.24) is 0 Å². The van der Waals surface area contributed by atoms with Crippen LogP contribution in [0.5, 0.6) is 0 Å². The maximum Gasteiger partial charge on any atom is 0.460 e. The Hall–Kier alpha value is -2.08. The summed E-state index contributed by atoms with van der Waals surface area (Å²) in [5.74, 6) is -84.9. The van der Waals surface area contributed by atoms with Crippen LogP contribution in [0.4, 0.5) is 114 Å². The average Bonchev–Trinajstić information content (AvgIpc) is 2.69. The van der Waals surface area contributed by atoms with Gasteiger partial charge < -0.3 is 0 Å². The van der Waals surface area contributed by atoms with Crippen molar-refractivity contribution in [3.63, 3.8) is 0 Å². The minimum atomic E-state index is -9.19. The van der Waals surface area contributed by atoms with Gasteiger partial charge in [0, 0.05) is 0 Å². The molecule has 0 unspecified atom stereocenters. The van der Waals surface area contributed by atoms with E-state index < -0.39 is 83.7 Å². The van der Waals surface area contributed by atoms with E-state index >= 15 is 0 Å². The van der Waals surface area contributed by atoms with Crippen molar-refractivity contribution in [1.29, 1.82) is 0 Å². The normalized spacial score (nSPS) is 17.1. The summed E-state index contributed by atoms with van der Waals surface area (Å²) in [6.45, 7) is 0. The summed E-state index contributed by atoms with van der Waals surface area (Å²) < 4.78 is 334. The molecular formula is C14H2F26. The molecule has 0 aliphatic heterocycles. The molecule has 0 aromatic carbocycles. The topological polar surface area (TPSA) is 0 Å². The van der Waals surface area contributed by atoms with E-state index in [2.05, 4.69) is 0 Å². The zero-order valence-electron chi connectivity index (χ0n) is 17.0. The zero-order valence-corrected chi connectivity index (χ0v) is 17.0. The average molecular weight is 664 g/mol. The van der Waals surface area contributed by atoms with Gasteiger partial charge in [-0.15, -0.1) is 0 Å². The third kappa shape index (κ3) is 4.86. The first-order valence-corrected chi connectivity index (χ1v) is 8.32. The van der Waals surface area contributed by atoms with Crippen LogP contribution < -0.4 is 0 Å². The Labute approximate surface area is 199 Å². The molecule has 0 bridgehead atoms. The minimum Gasteiger partial charge on any atom is -0.195 e. The van der Waals surface area contributed by atoms with Crippen molar-refractivity contribution in [2.45, 2.75) is 71.6 Å². The second kappa shape index (κ2) is 9.21. The molecule has 0 fully saturated rings. The maximum absolute atomic E-state index is 13.4. The lowest BCUT2D eigenvalue weighted by atomic mass is 9.88. The molecule has 0 spiro atoms. The van der Waals surface area contributed by atoms with E-state index in [1.54, 1.807) is 0 Å². The lowest BCUT2D eigenvalue weighted by Gasteiger charge is -2.42. The lowest BCUT2D eigenvalue weighted by molar-refractivity contribution is -0.459. The molecule has 0 rings (SSSR count). The van der Waals surface area contributed by atoms with Crippen LogP contribution in [0.15, 0.2) is 12.2 Å². The van der Waals surface area contributed by atoms with Gasteiger partial charge in [0.2, 0.25) is 0 Å². The summed E-state index contributed by atoms with van der Waals surface area (Å²) in [5, 5.41) is 0. The standard InChI is InChI=1S/C14H2F26/c15-3(16,1-2-4(17,18)6(21,22)11(31,32)13(35,36)37)5(19,20)7(23,24)8(25,26)9(27,28)10(29,30)12(33,34)14(38,39)40/h1-2H. The van der Waals surface area contributed by atoms with Crippen LogP contribution >= 0.6 is 0 Å². The molecule has 0 atom stereocenters. The number of alkyl halides is 26. The van der Waals surface area contributed by atoms with Crippen LogP contribution in [0.1, 0.15) is 0 Å². The van der Waals surface area contributed by atoms with Gasteiger partial charge in [0.25, 0.3) is 0 Å². The van der Waals surface area contributed by atoms with Crippen molar-refractivity contribution in [3.05, 3.63) is 12.2 Å². The van der Waals surface area contributed by atoms with Gasteiger partial charge in [0.15, 0.2) is 0 Å². The molecule has 0 nitrogen and oxygen atoms in total. The maximum atomic E-state index is 13.4. The van der Waals surface area contributed by atoms with Crippen LogP contribution in [0, 0.1) is 0 Å². The van der Waals surface area contributed by atoms with E-state index in [4.69, 9.17) is 0 Å². The number of hydrogen-bond donors (Lipinski definition) is 0. The highest BCUT2D eigenvalue weighted by Gasteiger charge is 2.95. The third-order valence-electron chi connectivity index (χ3n) is 4.42. The number of allylic oxidation sites excluding steroid dienone is 2. The Morgan fingerprint density at radius 3 is 0.575 bits per heavy atom. The smallest absolute Gasteiger partial charge is 0.195 e. The van der Waals surface area contributed by atoms with Gasteiger partial charge >= 0.3 is 71.6 Å². The van der Waals surface area contributed by atoms with Crippen LogP contribution in [-0.4, -0.2) is 71.6 Å². The molecule has 0 heterocycles. The summed E-state index contributed by atoms with van der Waals surface area (Å²) in [6, 6.07) is 0. The first-order chi connectivity index (χ1) is 16.7. The molecule has 40 heavy (non-hydrogen) atoms. The van der Waals surface area contributed by atoms with E-state index in [1.807, 2.05) is 0 Å². The van der Waals surface area contributed by atoms with Gasteiger partial charge in [-0.05, 0) is 12.2 Å². The van der Waals surface area contributed by atoms with Gasteiger partial charge in [-0.25, -0.2) is 0 Å². The Morgan fingerprint density at radius 1 is 0.200 bits per heavy atom. The molecule has 0 amide bonds. The highest BCUT2D eigenvalue weighted by molar-refractivity contribution is 5.20. The minimum absolute atomic E-state index is 2.90. The SMILES string of the molecule is FC(F)(F)C(F)(F)C(F)(F)C(F)(F)C=CC(F)(F)C(F)(F)C(F)(F)C(F)(F)C(F)(F)C(F)(F)C(F)(F)C(F)(F)F. The van der Waals surface area contributed by atoms with Crippen molar-refractivity contribution >= 4 is 0 Å². The molecular weight excluding hydrogens is 662 g/mol. The third-order valence-corrected chi connectivity index (χ3v) is 4.42. The molecule has 0 aromatic heterocycles. The fourth-order valence-electron chi connectivity index (χ4n) is 1.98. The van der Waals surface area contributed by atoms with E-state index in [0.29, 0.717) is 0 Å². The van der Waals surface area contributed by atoms with Crippen LogP contribution in [0.3, 0.4) is 0 Å². The molecule has 240 valence electrons. The number of rotatable bonds is 10. The quantitative estimate of drug-likeness (QED) is 0.162. The van der Waals surface area contributed by atoms with E-state index in [-0.39, 0.29) is 0 Å². The van der Waals surface area contributed by atoms with Gasteiger partial charge in [-0.3, -0.25) is 0 Å². The summed E-state index contributed by atoms with van der Waals surface area (Å²) in [6.07, 6.45) is -21.7. The predicted molar refractivity (Wildman–Crippen MR) is 70.7 cm³/mol. The van der Waals surface area contributed by atoms with Crippen molar-refractivity contribution in [3.8, 4) is 0 Å². The van der Waals surface area contributed by atoms with Crippen LogP contribution in [0.25, 0.3) is 0 Å². The summed E-state index contributed by atoms with van der Waals surface area (Å²) >= 11 is 0. The van der Waals surface area contributed by atoms with E-state index in [1.165, 1.54) is 0 Å². The molecule has 0 aliphatic carbocycles. The monoisotopic (exact) mass is 664 g/mol. The van der Waals surface area contributed by atoms with Gasteiger partial charge in [-0.1, -0.05) is 0 Å². The Bertz CT molecular complexity index is 939. The Balaban J connectivity index is 6.94. The highest BCUT2D eigenvalue weighted by atomic mass is 19.4. The summed E-state index contributed by atoms with van der Waals surface area (Å²) in [7, 11) is 0. The first-order valence-electron chi connectivity index (χ1n) is 8.32. The summed E-state index contributed by atoms with van der Waals surface area (Å²) in [4.78, 5) is 0. The zero-order chi connectivity index (χ0) is 33.4. The van der Waals surface area contributed by atoms with E-state index in [0.717, 1.165) is 0 Å². The number of halogens is 26. The van der Waals surface area contributed by atoms with Gasteiger partial charge in [0.1, 0.15) is 0 Å². The molecule has 0 radical (unpaired) electrons. The highest BCUT2D eigenvalue weighted by Crippen LogP contribution is 2.64. The second-order valence-corrected chi connectivity index (χ2v) is 7.17. The molecule has 0 saturated carbocycles. The van der Waals surface area contributed by atoms with Gasteiger partial charge in [0.05, 0.1) is 0 Å². The predicted octanol–water partition coefficient (Wildman–Crippen LogP) is 9.02. The fourth-order valence-corrected chi connectivity index (χ4v) is 1.98. The molecule has 0 N–H and O–H groups in total. The van der Waals surface area contributed by atoms with Crippen LogP contribution in [0.2, 0.25) is 0 Å². The first kappa shape index (κ1) is 37.9. The molecule has 0 aromatic rings. The molecule has 0 aliphatic rings. The van der Waals surface area contributed by atoms with Gasteiger partial charge in [-0.2, -0.15) is 114 Å². The number of hydrogen-bond acceptors (Lipinski definition) is 0. The molecule has 26 heteroatoms. The Morgan fingerprint density at radius 2 is 0.350 bits per heavy atom. The van der Waals surface area contributed by atoms with E-state index in [9.17, 15) is 114 Å². The van der Waals surface area contributed by atoms with Crippen molar-refractivity contribution < 1.29 is 114 Å². The van der Waals surface area contributed by atoms with Crippen molar-refractivity contribution in [2.75, 3.05) is 0 Å². The largest absolute Gasteiger partial charge is 0.460 e. The van der Waals surface area contributed by atoms with Crippen LogP contribution in [-0.2, 0) is 0 Å². The second-order valence-electron chi connectivity index (χ2n) is 7.17. The lowest BCUT2D eigenvalue weighted by Crippen LogP contribution is -2.74. The van der Waals surface area contributed by atoms with Crippen molar-refractivity contribution in [2.24, 2.45) is 0 Å². The fraction of sp³-hybridized carbons (Fsp3) is 0.857. The summed E-state index contributed by atoms with van der Waals surface area (Å²) in [5.41, 5.74) is 0.